The van der Waals surface area contributed by atoms with E-state index in [1.54, 1.807) is 62.0 Å². The smallest absolute Gasteiger partial charge is 0.358 e. The molecule has 17 rings (SSSR count). The predicted molar refractivity (Wildman–Crippen MR) is 428 cm³/mol. The van der Waals surface area contributed by atoms with Gasteiger partial charge in [0, 0.05) is 142 Å². The molecule has 0 aliphatic rings. The van der Waals surface area contributed by atoms with Gasteiger partial charge in [0.05, 0.1) is 79.4 Å². The maximum absolute atomic E-state index is 4.48. The zero-order chi connectivity index (χ0) is 71.6. The third-order valence-electron chi connectivity index (χ3n) is 15.5. The molecule has 0 atom stereocenters. The van der Waals surface area contributed by atoms with E-state index < -0.39 is 0 Å². The molecule has 0 spiro atoms. The third kappa shape index (κ3) is 27.7. The molecule has 0 aliphatic carbocycles. The topological polar surface area (TPSA) is 206 Å². The fourth-order valence-electron chi connectivity index (χ4n) is 10.4. The van der Waals surface area contributed by atoms with Gasteiger partial charge in [-0.2, -0.15) is 0 Å². The number of rotatable bonds is 10. The second-order valence-corrected chi connectivity index (χ2v) is 23.5. The van der Waals surface area contributed by atoms with Crippen molar-refractivity contribution in [3.05, 3.63) is 414 Å². The quantitative estimate of drug-likeness (QED) is 0.0709. The van der Waals surface area contributed by atoms with Crippen molar-refractivity contribution in [2.75, 3.05) is 0 Å². The van der Waals surface area contributed by atoms with Crippen LogP contribution in [0, 0.1) is 42.5 Å². The van der Waals surface area contributed by atoms with Crippen LogP contribution in [0.5, 0.6) is 0 Å². The summed E-state index contributed by atoms with van der Waals surface area (Å²) in [7, 11) is 0. The molecule has 0 aliphatic heterocycles. The molecule has 16 nitrogen and oxygen atoms in total. The van der Waals surface area contributed by atoms with Crippen LogP contribution in [-0.4, -0.2) is 79.7 Å². The largest absolute Gasteiger partial charge is 1.00 e. The Morgan fingerprint density at radius 3 is 0.624 bits per heavy atom. The van der Waals surface area contributed by atoms with Crippen LogP contribution in [0.1, 0.15) is 44.5 Å². The fraction of sp³-hybridized carbons (Fsp3) is 0.0667. The van der Waals surface area contributed by atoms with E-state index in [1.807, 2.05) is 219 Å². The molecule has 16 heterocycles. The van der Waals surface area contributed by atoms with E-state index in [2.05, 4.69) is 180 Å². The van der Waals surface area contributed by atoms with Crippen molar-refractivity contribution in [1.29, 1.82) is 0 Å². The molecule has 0 unspecified atom stereocenters. The molecule has 2 radical (unpaired) electrons. The van der Waals surface area contributed by atoms with Crippen molar-refractivity contribution in [3.8, 4) is 68.3 Å². The van der Waals surface area contributed by atoms with E-state index >= 15 is 0 Å². The molecule has 0 bridgehead atoms. The number of hydrogen-bond donors (Lipinski definition) is 0. The van der Waals surface area contributed by atoms with Crippen LogP contribution >= 0.6 is 0 Å². The van der Waals surface area contributed by atoms with Gasteiger partial charge in [-0.25, -0.2) is 0 Å². The summed E-state index contributed by atoms with van der Waals surface area (Å²) >= 11 is 0. The summed E-state index contributed by atoms with van der Waals surface area (Å²) in [6.07, 6.45) is 34.0. The van der Waals surface area contributed by atoms with Crippen LogP contribution in [0.25, 0.3) is 90.1 Å². The van der Waals surface area contributed by atoms with Gasteiger partial charge in [0.25, 0.3) is 0 Å². The fourth-order valence-corrected chi connectivity index (χ4v) is 10.4. The van der Waals surface area contributed by atoms with Crippen LogP contribution in [0.2, 0.25) is 0 Å². The maximum atomic E-state index is 4.48. The molecule has 0 amide bonds. The van der Waals surface area contributed by atoms with Gasteiger partial charge in [-0.1, -0.05) is 60.7 Å². The minimum Gasteiger partial charge on any atom is -0.358 e. The van der Waals surface area contributed by atoms with Gasteiger partial charge in [0.1, 0.15) is 0 Å². The molecule has 19 heteroatoms. The molecule has 1 aromatic carbocycles. The minimum atomic E-state index is 0. The standard InChI is InChI=1S/2C23H20N4.C12H8N2.2C10H8N2.2C5H5N.2CH3.3Ru/c2*1-16-3-7-24-20(11-16)22-14-18(5-9-26-22)13-19-6-10-27-23(15-19)21-12-17(2)4-8-25-21;1-3-9-5-6-10-4-2-8-14-12(10)11(9)13-7-1;2*1-3-7-11-9(5-1)10-6-2-4-8-12-10;2*1-2-4-6-5-3-1;;;;;/h2*3-12,14-15H,13H2,1-2H3;1-8H;2*1-8H;2*1-5H;2*1H3;;;/q;;;;;;;2*-1;;2*+1. The Kier molecular flexibility index (Phi) is 36.9. The van der Waals surface area contributed by atoms with E-state index in [-0.39, 0.29) is 73.3 Å². The van der Waals surface area contributed by atoms with Crippen LogP contribution in [0.3, 0.4) is 0 Å². The first-order valence-electron chi connectivity index (χ1n) is 33.7. The van der Waals surface area contributed by atoms with Crippen molar-refractivity contribution < 1.29 is 58.4 Å². The summed E-state index contributed by atoms with van der Waals surface area (Å²) < 4.78 is 0. The summed E-state index contributed by atoms with van der Waals surface area (Å²) in [4.78, 5) is 68.7. The van der Waals surface area contributed by atoms with E-state index in [9.17, 15) is 0 Å². The van der Waals surface area contributed by atoms with Crippen LogP contribution in [0.4, 0.5) is 0 Å². The molecule has 0 fully saturated rings. The van der Waals surface area contributed by atoms with Crippen molar-refractivity contribution in [3.63, 3.8) is 0 Å². The van der Waals surface area contributed by atoms with Gasteiger partial charge in [-0.05, 0) is 267 Å². The number of fused-ring (bicyclic) bond motifs is 3. The Balaban J connectivity index is 0.000000209. The molecule has 16 aromatic heterocycles. The van der Waals surface area contributed by atoms with E-state index in [4.69, 9.17) is 0 Å². The first kappa shape index (κ1) is 85.9. The van der Waals surface area contributed by atoms with E-state index in [1.165, 1.54) is 44.5 Å². The van der Waals surface area contributed by atoms with Gasteiger partial charge in [0.2, 0.25) is 0 Å². The number of aryl methyl sites for hydroxylation is 4. The average molecular weight is 1690 g/mol. The summed E-state index contributed by atoms with van der Waals surface area (Å²) in [6.45, 7) is 8.25. The van der Waals surface area contributed by atoms with Crippen molar-refractivity contribution in [2.24, 2.45) is 0 Å². The van der Waals surface area contributed by atoms with Crippen LogP contribution < -0.4 is 0 Å². The number of aromatic nitrogens is 16. The summed E-state index contributed by atoms with van der Waals surface area (Å²) in [5.41, 5.74) is 22.3. The van der Waals surface area contributed by atoms with Crippen molar-refractivity contribution in [1.82, 2.24) is 79.7 Å². The zero-order valence-electron chi connectivity index (χ0n) is 61.1. The number of benzene rings is 1. The van der Waals surface area contributed by atoms with Gasteiger partial charge in [-0.15, -0.1) is 0 Å². The second kappa shape index (κ2) is 46.9. The second-order valence-electron chi connectivity index (χ2n) is 23.5. The maximum Gasteiger partial charge on any atom is 1.00 e. The van der Waals surface area contributed by atoms with E-state index in [0.29, 0.717) is 0 Å². The molecule has 0 saturated heterocycles. The Bertz CT molecular complexity index is 4780. The Morgan fingerprint density at radius 2 is 0.413 bits per heavy atom. The Morgan fingerprint density at radius 1 is 0.193 bits per heavy atom. The van der Waals surface area contributed by atoms with Crippen LogP contribution in [-0.2, 0) is 71.3 Å². The Hall–Kier alpha value is -12.0. The molecule has 0 saturated carbocycles. The summed E-state index contributed by atoms with van der Waals surface area (Å²) in [5.74, 6) is 0. The normalized spacial score (nSPS) is 9.72. The molecule has 109 heavy (non-hydrogen) atoms. The monoisotopic (exact) mass is 1690 g/mol. The first-order chi connectivity index (χ1) is 51.2. The van der Waals surface area contributed by atoms with Gasteiger partial charge < -0.3 is 14.9 Å². The molecular formula is C90H80N16Ru3. The minimum absolute atomic E-state index is 0. The summed E-state index contributed by atoms with van der Waals surface area (Å²) in [6, 6.07) is 79.5. The predicted octanol–water partition coefficient (Wildman–Crippen LogP) is 19.7. The number of hydrogen-bond acceptors (Lipinski definition) is 16. The Labute approximate surface area is 677 Å². The van der Waals surface area contributed by atoms with Gasteiger partial charge in [-0.3, -0.25) is 79.7 Å². The van der Waals surface area contributed by atoms with Crippen LogP contribution in [0.15, 0.2) is 354 Å². The number of nitrogens with zero attached hydrogens (tertiary/aromatic N) is 16. The number of pyridine rings is 16. The van der Waals surface area contributed by atoms with Gasteiger partial charge >= 0.3 is 39.0 Å². The average Bonchev–Trinajstić information content (AvgIpc) is 0.798. The molecule has 544 valence electrons. The molecule has 17 aromatic rings. The molecule has 0 N–H and O–H groups in total. The van der Waals surface area contributed by atoms with E-state index in [0.717, 1.165) is 103 Å². The SMILES string of the molecule is Cc1ccnc(-c2cc(Cc3ccnc(-c4cc(C)ccn4)c3)ccn2)c1.Cc1ccnc(-c2cc(Cc3ccnc(-c4cc(C)ccn4)c3)ccn2)c1.[CH3-].[CH3-].[Ru+].[Ru+].[Ru].c1ccc(-c2ccccn2)nc1.c1ccc(-c2ccccn2)nc1.c1ccncc1.c1ccncc1.c1cnc2c(c1)ccc1cccnc12. The summed E-state index contributed by atoms with van der Waals surface area (Å²) in [5, 5.41) is 2.28. The zero-order valence-corrected chi connectivity index (χ0v) is 66.3. The van der Waals surface area contributed by atoms with Gasteiger partial charge in [0.15, 0.2) is 0 Å². The first-order valence-corrected chi connectivity index (χ1v) is 33.7. The van der Waals surface area contributed by atoms with Crippen molar-refractivity contribution >= 4 is 21.8 Å². The third-order valence-corrected chi connectivity index (χ3v) is 15.5. The van der Waals surface area contributed by atoms with Crippen molar-refractivity contribution in [2.45, 2.75) is 40.5 Å². The molecular weight excluding hydrogens is 1610 g/mol.